The van der Waals surface area contributed by atoms with E-state index < -0.39 is 12.1 Å². The maximum atomic E-state index is 11.7. The first kappa shape index (κ1) is 14.3. The number of aliphatic carboxylic acids is 1. The molecule has 3 rings (SSSR count). The lowest BCUT2D eigenvalue weighted by Gasteiger charge is -2.11. The molecule has 1 unspecified atom stereocenters. The van der Waals surface area contributed by atoms with Crippen LogP contribution in [0.25, 0.3) is 11.1 Å². The summed E-state index contributed by atoms with van der Waals surface area (Å²) in [7, 11) is 0. The minimum atomic E-state index is -0.969. The Morgan fingerprint density at radius 1 is 1.00 bits per heavy atom. The average Bonchev–Trinajstić information content (AvgIpc) is 2.86. The number of carboxylic acids is 1. The summed E-state index contributed by atoms with van der Waals surface area (Å²) in [5.74, 6) is -0.969. The van der Waals surface area contributed by atoms with Gasteiger partial charge in [0.2, 0.25) is 0 Å². The van der Waals surface area contributed by atoms with Gasteiger partial charge in [-0.25, -0.2) is 4.79 Å². The van der Waals surface area contributed by atoms with Crippen molar-refractivity contribution in [1.29, 1.82) is 0 Å². The van der Waals surface area contributed by atoms with Gasteiger partial charge in [0, 0.05) is 0 Å². The number of benzene rings is 2. The topological polar surface area (TPSA) is 57.5 Å². The Balaban J connectivity index is 2.18. The van der Waals surface area contributed by atoms with E-state index in [0.29, 0.717) is 11.1 Å². The molecule has 0 spiro atoms. The van der Waals surface area contributed by atoms with E-state index in [1.165, 1.54) is 0 Å². The highest BCUT2D eigenvalue weighted by atomic mass is 16.4. The van der Waals surface area contributed by atoms with E-state index in [2.05, 4.69) is 0 Å². The Kier molecular flexibility index (Phi) is 3.65. The predicted octanol–water partition coefficient (Wildman–Crippen LogP) is 3.68. The van der Waals surface area contributed by atoms with Crippen LogP contribution in [0.3, 0.4) is 0 Å². The van der Waals surface area contributed by atoms with E-state index in [1.807, 2.05) is 42.5 Å². The molecule has 1 atom stereocenters. The fourth-order valence-electron chi connectivity index (χ4n) is 2.90. The van der Waals surface area contributed by atoms with Crippen LogP contribution in [-0.4, -0.2) is 16.2 Å². The SMILES string of the molecule is C/C(C1=CC(O)c2ccccc21)=C(\C(=O)O)c1ccccc1. The van der Waals surface area contributed by atoms with Gasteiger partial charge in [0.05, 0.1) is 11.7 Å². The maximum Gasteiger partial charge on any atom is 0.336 e. The molecular formula is C19H16O3. The van der Waals surface area contributed by atoms with Crippen molar-refractivity contribution in [2.75, 3.05) is 0 Å². The van der Waals surface area contributed by atoms with Crippen LogP contribution in [0.2, 0.25) is 0 Å². The lowest BCUT2D eigenvalue weighted by molar-refractivity contribution is -0.130. The van der Waals surface area contributed by atoms with Crippen LogP contribution in [0.1, 0.15) is 29.7 Å². The monoisotopic (exact) mass is 292 g/mol. The van der Waals surface area contributed by atoms with Crippen LogP contribution in [0.5, 0.6) is 0 Å². The molecule has 0 aliphatic heterocycles. The van der Waals surface area contributed by atoms with Crippen molar-refractivity contribution >= 4 is 17.1 Å². The third-order valence-electron chi connectivity index (χ3n) is 3.95. The molecule has 3 nitrogen and oxygen atoms in total. The largest absolute Gasteiger partial charge is 0.478 e. The van der Waals surface area contributed by atoms with Crippen molar-refractivity contribution in [2.24, 2.45) is 0 Å². The molecule has 2 aromatic rings. The molecule has 1 aliphatic carbocycles. The summed E-state index contributed by atoms with van der Waals surface area (Å²) >= 11 is 0. The maximum absolute atomic E-state index is 11.7. The van der Waals surface area contributed by atoms with Crippen LogP contribution in [-0.2, 0) is 4.79 Å². The van der Waals surface area contributed by atoms with Gasteiger partial charge in [0.25, 0.3) is 0 Å². The second-order valence-corrected chi connectivity index (χ2v) is 5.28. The van der Waals surface area contributed by atoms with E-state index in [4.69, 9.17) is 0 Å². The van der Waals surface area contributed by atoms with E-state index in [1.54, 1.807) is 25.1 Å². The minimum absolute atomic E-state index is 0.260. The molecule has 22 heavy (non-hydrogen) atoms. The quantitative estimate of drug-likeness (QED) is 0.848. The molecule has 0 fully saturated rings. The van der Waals surface area contributed by atoms with Gasteiger partial charge in [-0.15, -0.1) is 0 Å². The molecule has 2 aromatic carbocycles. The molecule has 1 aliphatic rings. The van der Waals surface area contributed by atoms with Crippen molar-refractivity contribution in [3.63, 3.8) is 0 Å². The van der Waals surface area contributed by atoms with Crippen molar-refractivity contribution in [3.05, 3.63) is 82.9 Å². The first-order valence-corrected chi connectivity index (χ1v) is 7.08. The molecule has 0 saturated heterocycles. The highest BCUT2D eigenvalue weighted by Crippen LogP contribution is 2.40. The molecule has 110 valence electrons. The normalized spacial score (nSPS) is 17.5. The van der Waals surface area contributed by atoms with Crippen LogP contribution >= 0.6 is 0 Å². The van der Waals surface area contributed by atoms with Gasteiger partial charge in [-0.05, 0) is 40.8 Å². The van der Waals surface area contributed by atoms with Gasteiger partial charge in [-0.2, -0.15) is 0 Å². The standard InChI is InChI=1S/C19H16O3/c1-12(18(19(21)22)13-7-3-2-4-8-13)16-11-17(20)15-10-6-5-9-14(15)16/h2-11,17,20H,1H3,(H,21,22)/b18-12+. The van der Waals surface area contributed by atoms with Gasteiger partial charge >= 0.3 is 5.97 Å². The fraction of sp³-hybridized carbons (Fsp3) is 0.105. The number of fused-ring (bicyclic) bond motifs is 1. The zero-order valence-electron chi connectivity index (χ0n) is 12.2. The number of aliphatic hydroxyl groups excluding tert-OH is 1. The second kappa shape index (κ2) is 5.62. The van der Waals surface area contributed by atoms with Crippen molar-refractivity contribution in [2.45, 2.75) is 13.0 Å². The summed E-state index contributed by atoms with van der Waals surface area (Å²) in [6, 6.07) is 16.6. The lowest BCUT2D eigenvalue weighted by atomic mass is 9.92. The van der Waals surface area contributed by atoms with E-state index in [9.17, 15) is 15.0 Å². The van der Waals surface area contributed by atoms with E-state index >= 15 is 0 Å². The number of aliphatic hydroxyl groups is 1. The number of hydrogen-bond donors (Lipinski definition) is 2. The second-order valence-electron chi connectivity index (χ2n) is 5.28. The minimum Gasteiger partial charge on any atom is -0.478 e. The van der Waals surface area contributed by atoms with Gasteiger partial charge in [0.15, 0.2) is 0 Å². The molecular weight excluding hydrogens is 276 g/mol. The summed E-state index contributed by atoms with van der Waals surface area (Å²) in [5, 5.41) is 19.8. The number of hydrogen-bond acceptors (Lipinski definition) is 2. The number of carbonyl (C=O) groups is 1. The molecule has 0 bridgehead atoms. The molecule has 0 heterocycles. The number of carboxylic acid groups (broad SMARTS) is 1. The number of rotatable bonds is 3. The van der Waals surface area contributed by atoms with Crippen LogP contribution in [0, 0.1) is 0 Å². The van der Waals surface area contributed by atoms with E-state index in [-0.39, 0.29) is 5.57 Å². The van der Waals surface area contributed by atoms with Crippen LogP contribution in [0.15, 0.2) is 66.2 Å². The highest BCUT2D eigenvalue weighted by Gasteiger charge is 2.25. The van der Waals surface area contributed by atoms with Gasteiger partial charge in [-0.3, -0.25) is 0 Å². The van der Waals surface area contributed by atoms with E-state index in [0.717, 1.165) is 16.7 Å². The lowest BCUT2D eigenvalue weighted by Crippen LogP contribution is -2.03. The Labute approximate surface area is 128 Å². The summed E-state index contributed by atoms with van der Waals surface area (Å²) in [4.78, 5) is 11.7. The Bertz CT molecular complexity index is 785. The third kappa shape index (κ3) is 2.36. The van der Waals surface area contributed by atoms with Crippen molar-refractivity contribution < 1.29 is 15.0 Å². The molecule has 0 radical (unpaired) electrons. The smallest absolute Gasteiger partial charge is 0.336 e. The first-order chi connectivity index (χ1) is 10.6. The fourth-order valence-corrected chi connectivity index (χ4v) is 2.90. The molecule has 2 N–H and O–H groups in total. The highest BCUT2D eigenvalue weighted by molar-refractivity contribution is 6.19. The summed E-state index contributed by atoms with van der Waals surface area (Å²) in [5.41, 5.74) is 4.06. The van der Waals surface area contributed by atoms with Crippen LogP contribution < -0.4 is 0 Å². The molecule has 0 aromatic heterocycles. The Morgan fingerprint density at radius 2 is 1.64 bits per heavy atom. The third-order valence-corrected chi connectivity index (χ3v) is 3.95. The van der Waals surface area contributed by atoms with Crippen molar-refractivity contribution in [1.82, 2.24) is 0 Å². The Hall–Kier alpha value is -2.65. The summed E-state index contributed by atoms with van der Waals surface area (Å²) < 4.78 is 0. The van der Waals surface area contributed by atoms with Gasteiger partial charge < -0.3 is 10.2 Å². The number of allylic oxidation sites excluding steroid dienone is 2. The molecule has 0 saturated carbocycles. The zero-order chi connectivity index (χ0) is 15.7. The van der Waals surface area contributed by atoms with Gasteiger partial charge in [0.1, 0.15) is 0 Å². The molecule has 0 amide bonds. The van der Waals surface area contributed by atoms with Crippen LogP contribution in [0.4, 0.5) is 0 Å². The first-order valence-electron chi connectivity index (χ1n) is 7.08. The average molecular weight is 292 g/mol. The summed E-state index contributed by atoms with van der Waals surface area (Å²) in [6.07, 6.45) is 1.03. The Morgan fingerprint density at radius 3 is 2.32 bits per heavy atom. The van der Waals surface area contributed by atoms with Gasteiger partial charge in [-0.1, -0.05) is 54.6 Å². The zero-order valence-corrected chi connectivity index (χ0v) is 12.2. The van der Waals surface area contributed by atoms with Crippen molar-refractivity contribution in [3.8, 4) is 0 Å². The summed E-state index contributed by atoms with van der Waals surface area (Å²) in [6.45, 7) is 1.79. The predicted molar refractivity (Wildman–Crippen MR) is 86.1 cm³/mol. The molecule has 3 heteroatoms.